The van der Waals surface area contributed by atoms with Crippen LogP contribution in [0.25, 0.3) is 21.3 Å². The number of thiophene rings is 1. The number of fused-ring (bicyclic) bond motifs is 1. The van der Waals surface area contributed by atoms with E-state index in [1.165, 1.54) is 5.56 Å². The SMILES string of the molecule is CCCc1cc(N2CCC(NCC(O)c3ccc(-c4ccccc4)cc3)CC2)nc2sc(C(=O)O)c(N)c12. The van der Waals surface area contributed by atoms with Crippen LogP contribution in [0.2, 0.25) is 0 Å². The van der Waals surface area contributed by atoms with Crippen molar-refractivity contribution in [1.29, 1.82) is 0 Å². The average molecular weight is 531 g/mol. The Balaban J connectivity index is 1.19. The van der Waals surface area contributed by atoms with Crippen LogP contribution in [0.15, 0.2) is 60.7 Å². The van der Waals surface area contributed by atoms with Crippen molar-refractivity contribution in [1.82, 2.24) is 10.3 Å². The number of aromatic nitrogens is 1. The summed E-state index contributed by atoms with van der Waals surface area (Å²) in [5.41, 5.74) is 10.8. The molecule has 5 rings (SSSR count). The van der Waals surface area contributed by atoms with Gasteiger partial charge in [-0.15, -0.1) is 11.3 Å². The van der Waals surface area contributed by atoms with E-state index >= 15 is 0 Å². The van der Waals surface area contributed by atoms with E-state index in [2.05, 4.69) is 47.5 Å². The number of carboxylic acids is 1. The molecule has 1 aliphatic heterocycles. The predicted molar refractivity (Wildman–Crippen MR) is 155 cm³/mol. The molecular weight excluding hydrogens is 496 g/mol. The molecular formula is C30H34N4O3S. The van der Waals surface area contributed by atoms with Crippen LogP contribution in [0.4, 0.5) is 11.5 Å². The first-order chi connectivity index (χ1) is 18.4. The summed E-state index contributed by atoms with van der Waals surface area (Å²) in [5, 5.41) is 24.6. The Morgan fingerprint density at radius 3 is 2.47 bits per heavy atom. The van der Waals surface area contributed by atoms with E-state index in [1.807, 2.05) is 30.3 Å². The van der Waals surface area contributed by atoms with E-state index in [4.69, 9.17) is 10.7 Å². The Bertz CT molecular complexity index is 1400. The topological polar surface area (TPSA) is 112 Å². The molecule has 0 spiro atoms. The number of aromatic carboxylic acids is 1. The molecule has 198 valence electrons. The third-order valence-corrected chi connectivity index (χ3v) is 8.39. The highest BCUT2D eigenvalue weighted by atomic mass is 32.1. The molecule has 1 aliphatic rings. The zero-order chi connectivity index (χ0) is 26.6. The quantitative estimate of drug-likeness (QED) is 0.226. The molecule has 0 saturated carbocycles. The molecule has 0 bridgehead atoms. The number of hydrogen-bond donors (Lipinski definition) is 4. The largest absolute Gasteiger partial charge is 0.477 e. The summed E-state index contributed by atoms with van der Waals surface area (Å²) in [6.07, 6.45) is 3.09. The number of nitrogens with zero attached hydrogens (tertiary/aromatic N) is 2. The lowest BCUT2D eigenvalue weighted by atomic mass is 10.0. The zero-order valence-corrected chi connectivity index (χ0v) is 22.4. The van der Waals surface area contributed by atoms with Crippen molar-refractivity contribution in [2.24, 2.45) is 0 Å². The predicted octanol–water partition coefficient (Wildman–Crippen LogP) is 5.49. The summed E-state index contributed by atoms with van der Waals surface area (Å²) in [4.78, 5) is 19.6. The average Bonchev–Trinajstić information content (AvgIpc) is 3.29. The first kappa shape index (κ1) is 26.2. The molecule has 0 amide bonds. The van der Waals surface area contributed by atoms with E-state index in [0.29, 0.717) is 23.1 Å². The van der Waals surface area contributed by atoms with Gasteiger partial charge >= 0.3 is 5.97 Å². The van der Waals surface area contributed by atoms with E-state index in [1.54, 1.807) is 0 Å². The lowest BCUT2D eigenvalue weighted by molar-refractivity contribution is 0.0703. The molecule has 0 aliphatic carbocycles. The number of piperidine rings is 1. The van der Waals surface area contributed by atoms with Gasteiger partial charge in [0, 0.05) is 31.1 Å². The van der Waals surface area contributed by atoms with Gasteiger partial charge in [-0.3, -0.25) is 0 Å². The van der Waals surface area contributed by atoms with Gasteiger partial charge in [0.15, 0.2) is 0 Å². The zero-order valence-electron chi connectivity index (χ0n) is 21.6. The highest BCUT2D eigenvalue weighted by Crippen LogP contribution is 2.37. The maximum Gasteiger partial charge on any atom is 0.348 e. The van der Waals surface area contributed by atoms with Crippen molar-refractivity contribution in [3.05, 3.63) is 76.7 Å². The van der Waals surface area contributed by atoms with Crippen molar-refractivity contribution in [2.75, 3.05) is 30.3 Å². The molecule has 1 fully saturated rings. The van der Waals surface area contributed by atoms with Crippen LogP contribution in [-0.4, -0.2) is 46.8 Å². The normalized spacial score (nSPS) is 15.2. The number of nitrogen functional groups attached to an aromatic ring is 1. The Labute approximate surface area is 226 Å². The monoisotopic (exact) mass is 530 g/mol. The molecule has 5 N–H and O–H groups in total. The van der Waals surface area contributed by atoms with Crippen molar-refractivity contribution < 1.29 is 15.0 Å². The number of nitrogens with one attached hydrogen (secondary N) is 1. The fraction of sp³-hybridized carbons (Fsp3) is 0.333. The van der Waals surface area contributed by atoms with E-state index in [0.717, 1.165) is 78.0 Å². The number of aryl methyl sites for hydroxylation is 1. The van der Waals surface area contributed by atoms with Gasteiger partial charge in [0.2, 0.25) is 0 Å². The maximum absolute atomic E-state index is 11.6. The summed E-state index contributed by atoms with van der Waals surface area (Å²) >= 11 is 1.16. The fourth-order valence-corrected chi connectivity index (χ4v) is 6.18. The summed E-state index contributed by atoms with van der Waals surface area (Å²) in [5.74, 6) is -0.119. The number of carboxylic acid groups (broad SMARTS) is 1. The van der Waals surface area contributed by atoms with Crippen LogP contribution in [0.5, 0.6) is 0 Å². The third kappa shape index (κ3) is 5.53. The summed E-state index contributed by atoms with van der Waals surface area (Å²) in [6, 6.07) is 20.7. The Morgan fingerprint density at radius 2 is 1.82 bits per heavy atom. The number of aliphatic hydroxyl groups excluding tert-OH is 1. The lowest BCUT2D eigenvalue weighted by Crippen LogP contribution is -2.44. The van der Waals surface area contributed by atoms with Crippen LogP contribution in [0.3, 0.4) is 0 Å². The summed E-state index contributed by atoms with van der Waals surface area (Å²) < 4.78 is 0. The number of aliphatic hydroxyl groups is 1. The van der Waals surface area contributed by atoms with Gasteiger partial charge in [-0.2, -0.15) is 0 Å². The minimum absolute atomic E-state index is 0.165. The highest BCUT2D eigenvalue weighted by Gasteiger charge is 2.24. The standard InChI is InChI=1S/C30H34N4O3S/c1-2-6-22-17-25(33-29-26(22)27(31)28(38-29)30(36)37)34-15-13-23(14-16-34)32-18-24(35)21-11-9-20(10-12-21)19-7-4-3-5-8-19/h3-5,7-12,17,23-24,32,35H,2,6,13-16,18,31H2,1H3,(H,36,37). The van der Waals surface area contributed by atoms with E-state index in [9.17, 15) is 15.0 Å². The summed E-state index contributed by atoms with van der Waals surface area (Å²) in [6.45, 7) is 4.30. The van der Waals surface area contributed by atoms with Crippen molar-refractivity contribution >= 4 is 39.0 Å². The maximum atomic E-state index is 11.6. The van der Waals surface area contributed by atoms with Crippen molar-refractivity contribution in [3.63, 3.8) is 0 Å². The molecule has 7 nitrogen and oxygen atoms in total. The molecule has 4 aromatic rings. The molecule has 1 saturated heterocycles. The van der Waals surface area contributed by atoms with Crippen LogP contribution in [0, 0.1) is 0 Å². The Hall–Kier alpha value is -3.46. The van der Waals surface area contributed by atoms with Gasteiger partial charge in [-0.25, -0.2) is 9.78 Å². The lowest BCUT2D eigenvalue weighted by Gasteiger charge is -2.34. The Morgan fingerprint density at radius 1 is 1.13 bits per heavy atom. The second-order valence-corrected chi connectivity index (χ2v) is 10.9. The van der Waals surface area contributed by atoms with Gasteiger partial charge in [0.1, 0.15) is 15.5 Å². The molecule has 38 heavy (non-hydrogen) atoms. The van der Waals surface area contributed by atoms with Crippen molar-refractivity contribution in [3.8, 4) is 11.1 Å². The number of carbonyl (C=O) groups is 1. The summed E-state index contributed by atoms with van der Waals surface area (Å²) in [7, 11) is 0. The minimum atomic E-state index is -1.00. The first-order valence-corrected chi connectivity index (χ1v) is 14.0. The third-order valence-electron chi connectivity index (χ3n) is 7.30. The molecule has 1 atom stereocenters. The molecule has 2 aromatic heterocycles. The smallest absolute Gasteiger partial charge is 0.348 e. The fourth-order valence-electron chi connectivity index (χ4n) is 5.21. The number of hydrogen-bond acceptors (Lipinski definition) is 7. The van der Waals surface area contributed by atoms with Gasteiger partial charge in [-0.05, 0) is 47.6 Å². The molecule has 3 heterocycles. The highest BCUT2D eigenvalue weighted by molar-refractivity contribution is 7.21. The number of anilines is 2. The second-order valence-electron chi connectivity index (χ2n) is 9.89. The second kappa shape index (κ2) is 11.5. The minimum Gasteiger partial charge on any atom is -0.477 e. The number of nitrogens with two attached hydrogens (primary N) is 1. The first-order valence-electron chi connectivity index (χ1n) is 13.2. The Kier molecular flexibility index (Phi) is 7.93. The number of benzene rings is 2. The number of rotatable bonds is 9. The van der Waals surface area contributed by atoms with E-state index < -0.39 is 12.1 Å². The van der Waals surface area contributed by atoms with E-state index in [-0.39, 0.29) is 4.88 Å². The number of pyridine rings is 1. The van der Waals surface area contributed by atoms with Crippen LogP contribution in [-0.2, 0) is 6.42 Å². The molecule has 1 unspecified atom stereocenters. The molecule has 0 radical (unpaired) electrons. The molecule has 2 aromatic carbocycles. The van der Waals surface area contributed by atoms with Gasteiger partial charge < -0.3 is 26.2 Å². The van der Waals surface area contributed by atoms with Gasteiger partial charge in [0.25, 0.3) is 0 Å². The van der Waals surface area contributed by atoms with Gasteiger partial charge in [0.05, 0.1) is 11.8 Å². The van der Waals surface area contributed by atoms with Crippen molar-refractivity contribution in [2.45, 2.75) is 44.8 Å². The molecule has 8 heteroatoms. The van der Waals surface area contributed by atoms with Crippen LogP contribution in [0.1, 0.15) is 53.1 Å². The van der Waals surface area contributed by atoms with Crippen LogP contribution < -0.4 is 16.0 Å². The van der Waals surface area contributed by atoms with Gasteiger partial charge in [-0.1, -0.05) is 67.9 Å². The van der Waals surface area contributed by atoms with Crippen LogP contribution >= 0.6 is 11.3 Å².